The molecule has 2 aromatic carbocycles. The molecule has 0 bridgehead atoms. The second kappa shape index (κ2) is 6.71. The lowest BCUT2D eigenvalue weighted by molar-refractivity contribution is -0.139. The Morgan fingerprint density at radius 3 is 2.05 bits per heavy atom. The lowest BCUT2D eigenvalue weighted by Gasteiger charge is -2.12. The van der Waals surface area contributed by atoms with Crippen molar-refractivity contribution in [3.8, 4) is 17.2 Å². The number of nitriles is 1. The molecular weight excluding hydrogens is 262 g/mol. The molecule has 106 valence electrons. The van der Waals surface area contributed by atoms with Gasteiger partial charge in [-0.2, -0.15) is 5.26 Å². The number of carboxylic acid groups (broad SMARTS) is 1. The quantitative estimate of drug-likeness (QED) is 0.892. The van der Waals surface area contributed by atoms with Crippen molar-refractivity contribution < 1.29 is 9.90 Å². The lowest BCUT2D eigenvalue weighted by Crippen LogP contribution is -2.11. The van der Waals surface area contributed by atoms with Crippen LogP contribution in [-0.2, 0) is 4.79 Å². The topological polar surface area (TPSA) is 61.1 Å². The minimum atomic E-state index is -0.775. The zero-order chi connectivity index (χ0) is 15.2. The van der Waals surface area contributed by atoms with Gasteiger partial charge < -0.3 is 5.11 Å². The molecule has 0 heterocycles. The summed E-state index contributed by atoms with van der Waals surface area (Å²) in [4.78, 5) is 11.3. The van der Waals surface area contributed by atoms with Crippen molar-refractivity contribution in [3.05, 3.63) is 59.7 Å². The maximum Gasteiger partial charge on any atom is 0.310 e. The van der Waals surface area contributed by atoms with Crippen LogP contribution in [0.3, 0.4) is 0 Å². The Labute approximate surface area is 124 Å². The van der Waals surface area contributed by atoms with Gasteiger partial charge >= 0.3 is 5.97 Å². The van der Waals surface area contributed by atoms with E-state index in [-0.39, 0.29) is 0 Å². The van der Waals surface area contributed by atoms with Gasteiger partial charge in [0, 0.05) is 0 Å². The third-order valence-corrected chi connectivity index (χ3v) is 3.54. The Kier molecular flexibility index (Phi) is 4.73. The highest BCUT2D eigenvalue weighted by molar-refractivity contribution is 5.76. The van der Waals surface area contributed by atoms with Crippen molar-refractivity contribution in [2.45, 2.75) is 25.7 Å². The van der Waals surface area contributed by atoms with Crippen molar-refractivity contribution in [3.63, 3.8) is 0 Å². The number of rotatable bonds is 5. The van der Waals surface area contributed by atoms with Crippen LogP contribution in [0.2, 0.25) is 0 Å². The van der Waals surface area contributed by atoms with Crippen LogP contribution in [-0.4, -0.2) is 11.1 Å². The van der Waals surface area contributed by atoms with Gasteiger partial charge in [0.2, 0.25) is 0 Å². The molecule has 0 saturated heterocycles. The Balaban J connectivity index is 2.25. The third kappa shape index (κ3) is 3.49. The minimum Gasteiger partial charge on any atom is -0.481 e. The molecule has 1 N–H and O–H groups in total. The van der Waals surface area contributed by atoms with Gasteiger partial charge in [0.1, 0.15) is 0 Å². The molecular formula is C18H17NO2. The summed E-state index contributed by atoms with van der Waals surface area (Å²) in [5.41, 5.74) is 3.50. The van der Waals surface area contributed by atoms with Crippen molar-refractivity contribution in [1.29, 1.82) is 5.26 Å². The maximum atomic E-state index is 11.3. The average molecular weight is 279 g/mol. The first kappa shape index (κ1) is 14.8. The van der Waals surface area contributed by atoms with Crippen LogP contribution in [0.25, 0.3) is 11.1 Å². The van der Waals surface area contributed by atoms with Crippen LogP contribution in [0.15, 0.2) is 48.5 Å². The monoisotopic (exact) mass is 279 g/mol. The van der Waals surface area contributed by atoms with Gasteiger partial charge in [-0.05, 0) is 35.2 Å². The van der Waals surface area contributed by atoms with E-state index in [4.69, 9.17) is 5.26 Å². The molecule has 3 nitrogen and oxygen atoms in total. The first-order valence-electron chi connectivity index (χ1n) is 6.99. The van der Waals surface area contributed by atoms with Gasteiger partial charge in [-0.25, -0.2) is 0 Å². The smallest absolute Gasteiger partial charge is 0.310 e. The molecule has 2 aromatic rings. The SMILES string of the molecule is CCCC(C(=O)O)c1ccc(-c2ccc(C#N)cc2)cc1. The molecule has 0 spiro atoms. The summed E-state index contributed by atoms with van der Waals surface area (Å²) in [6.45, 7) is 1.99. The molecule has 0 amide bonds. The van der Waals surface area contributed by atoms with Crippen LogP contribution in [0.4, 0.5) is 0 Å². The molecule has 0 fully saturated rings. The molecule has 2 rings (SSSR count). The molecule has 0 radical (unpaired) electrons. The summed E-state index contributed by atoms with van der Waals surface area (Å²) in [6, 6.07) is 17.1. The van der Waals surface area contributed by atoms with Crippen LogP contribution in [0.5, 0.6) is 0 Å². The van der Waals surface area contributed by atoms with Gasteiger partial charge in [-0.3, -0.25) is 4.79 Å². The molecule has 1 atom stereocenters. The molecule has 21 heavy (non-hydrogen) atoms. The van der Waals surface area contributed by atoms with E-state index in [1.807, 2.05) is 43.3 Å². The molecule has 0 aliphatic heterocycles. The zero-order valence-electron chi connectivity index (χ0n) is 11.9. The molecule has 0 aliphatic carbocycles. The van der Waals surface area contributed by atoms with Crippen LogP contribution in [0, 0.1) is 11.3 Å². The highest BCUT2D eigenvalue weighted by atomic mass is 16.4. The number of hydrogen-bond acceptors (Lipinski definition) is 2. The largest absolute Gasteiger partial charge is 0.481 e. The summed E-state index contributed by atoms with van der Waals surface area (Å²) in [6.07, 6.45) is 1.49. The summed E-state index contributed by atoms with van der Waals surface area (Å²) in [5.74, 6) is -1.21. The van der Waals surface area contributed by atoms with Gasteiger partial charge in [0.25, 0.3) is 0 Å². The Bertz CT molecular complexity index is 651. The fraction of sp³-hybridized carbons (Fsp3) is 0.222. The number of carboxylic acids is 1. The van der Waals surface area contributed by atoms with Crippen molar-refractivity contribution >= 4 is 5.97 Å². The van der Waals surface area contributed by atoms with E-state index in [1.54, 1.807) is 12.1 Å². The van der Waals surface area contributed by atoms with Crippen LogP contribution in [0.1, 0.15) is 36.8 Å². The summed E-state index contributed by atoms with van der Waals surface area (Å²) >= 11 is 0. The number of nitrogens with zero attached hydrogens (tertiary/aromatic N) is 1. The number of aliphatic carboxylic acids is 1. The Morgan fingerprint density at radius 1 is 1.10 bits per heavy atom. The second-order valence-corrected chi connectivity index (χ2v) is 4.99. The normalized spacial score (nSPS) is 11.6. The highest BCUT2D eigenvalue weighted by Gasteiger charge is 2.18. The van der Waals surface area contributed by atoms with Gasteiger partial charge in [0.05, 0.1) is 17.6 Å². The minimum absolute atomic E-state index is 0.440. The van der Waals surface area contributed by atoms with Gasteiger partial charge in [-0.1, -0.05) is 49.7 Å². The Hall–Kier alpha value is -2.60. The van der Waals surface area contributed by atoms with Crippen molar-refractivity contribution in [2.24, 2.45) is 0 Å². The summed E-state index contributed by atoms with van der Waals surface area (Å²) in [5, 5.41) is 18.1. The fourth-order valence-corrected chi connectivity index (χ4v) is 2.37. The van der Waals surface area contributed by atoms with E-state index >= 15 is 0 Å². The highest BCUT2D eigenvalue weighted by Crippen LogP contribution is 2.26. The molecule has 0 aromatic heterocycles. The fourth-order valence-electron chi connectivity index (χ4n) is 2.37. The number of carbonyl (C=O) groups is 1. The molecule has 0 saturated carbocycles. The molecule has 1 unspecified atom stereocenters. The zero-order valence-corrected chi connectivity index (χ0v) is 11.9. The summed E-state index contributed by atoms with van der Waals surface area (Å²) < 4.78 is 0. The standard InChI is InChI=1S/C18H17NO2/c1-2-3-17(18(20)21)16-10-8-15(9-11-16)14-6-4-13(12-19)5-7-14/h4-11,17H,2-3H2,1H3,(H,20,21). The van der Waals surface area contributed by atoms with Gasteiger partial charge in [-0.15, -0.1) is 0 Å². The lowest BCUT2D eigenvalue weighted by atomic mass is 9.93. The summed E-state index contributed by atoms with van der Waals surface area (Å²) in [7, 11) is 0. The third-order valence-electron chi connectivity index (χ3n) is 3.54. The number of hydrogen-bond donors (Lipinski definition) is 1. The van der Waals surface area contributed by atoms with Gasteiger partial charge in [0.15, 0.2) is 0 Å². The predicted octanol–water partition coefficient (Wildman–Crippen LogP) is 4.19. The van der Waals surface area contributed by atoms with E-state index in [9.17, 15) is 9.90 Å². The Morgan fingerprint density at radius 2 is 1.62 bits per heavy atom. The van der Waals surface area contributed by atoms with E-state index in [2.05, 4.69) is 6.07 Å². The van der Waals surface area contributed by atoms with E-state index < -0.39 is 11.9 Å². The maximum absolute atomic E-state index is 11.3. The molecule has 3 heteroatoms. The first-order chi connectivity index (χ1) is 10.2. The number of benzene rings is 2. The second-order valence-electron chi connectivity index (χ2n) is 4.99. The van der Waals surface area contributed by atoms with E-state index in [0.717, 1.165) is 23.1 Å². The van der Waals surface area contributed by atoms with Crippen molar-refractivity contribution in [2.75, 3.05) is 0 Å². The van der Waals surface area contributed by atoms with Crippen LogP contribution < -0.4 is 0 Å². The van der Waals surface area contributed by atoms with E-state index in [0.29, 0.717) is 12.0 Å². The van der Waals surface area contributed by atoms with Crippen molar-refractivity contribution in [1.82, 2.24) is 0 Å². The molecule has 0 aliphatic rings. The first-order valence-corrected chi connectivity index (χ1v) is 6.99. The van der Waals surface area contributed by atoms with Crippen LogP contribution >= 0.6 is 0 Å². The predicted molar refractivity (Wildman–Crippen MR) is 81.9 cm³/mol. The average Bonchev–Trinajstić information content (AvgIpc) is 2.53. The van der Waals surface area contributed by atoms with E-state index in [1.165, 1.54) is 0 Å².